The van der Waals surface area contributed by atoms with Gasteiger partial charge in [0.2, 0.25) is 0 Å². The van der Waals surface area contributed by atoms with Gasteiger partial charge in [-0.3, -0.25) is 19.6 Å². The molecule has 5 nitrogen and oxygen atoms in total. The third kappa shape index (κ3) is 2.04. The molecule has 2 aromatic heterocycles. The lowest BCUT2D eigenvalue weighted by atomic mass is 10.1. The first-order chi connectivity index (χ1) is 9.16. The smallest absolute Gasteiger partial charge is 0.195 e. The molecule has 0 saturated heterocycles. The van der Waals surface area contributed by atoms with Crippen molar-refractivity contribution >= 4 is 23.3 Å². The molecular weight excluding hydrogens is 258 g/mol. The second kappa shape index (κ2) is 4.55. The van der Waals surface area contributed by atoms with Gasteiger partial charge in [0, 0.05) is 24.0 Å². The molecule has 19 heavy (non-hydrogen) atoms. The Morgan fingerprint density at radius 2 is 1.89 bits per heavy atom. The summed E-state index contributed by atoms with van der Waals surface area (Å²) in [6.45, 7) is 4.16. The SMILES string of the molecule is CC(C)n1c(-c2ccc3nccnc3c2)n[nH]c1=S. The van der Waals surface area contributed by atoms with Gasteiger partial charge in [0.25, 0.3) is 0 Å². The van der Waals surface area contributed by atoms with E-state index in [1.165, 1.54) is 0 Å². The number of H-pyrrole nitrogens is 1. The van der Waals surface area contributed by atoms with Crippen LogP contribution in [0.15, 0.2) is 30.6 Å². The maximum atomic E-state index is 5.26. The molecule has 2 heterocycles. The molecule has 0 radical (unpaired) electrons. The number of aromatic nitrogens is 5. The summed E-state index contributed by atoms with van der Waals surface area (Å²) in [6.07, 6.45) is 3.37. The average molecular weight is 271 g/mol. The van der Waals surface area contributed by atoms with E-state index in [1.807, 2.05) is 22.8 Å². The fourth-order valence-corrected chi connectivity index (χ4v) is 2.43. The lowest BCUT2D eigenvalue weighted by Gasteiger charge is -2.10. The molecule has 0 spiro atoms. The van der Waals surface area contributed by atoms with Gasteiger partial charge in [-0.25, -0.2) is 0 Å². The maximum absolute atomic E-state index is 5.26. The van der Waals surface area contributed by atoms with Crippen molar-refractivity contribution in [2.24, 2.45) is 0 Å². The summed E-state index contributed by atoms with van der Waals surface area (Å²) in [6, 6.07) is 6.16. The molecule has 1 aromatic carbocycles. The van der Waals surface area contributed by atoms with Gasteiger partial charge in [0.05, 0.1) is 11.0 Å². The molecule has 0 aliphatic rings. The largest absolute Gasteiger partial charge is 0.298 e. The minimum Gasteiger partial charge on any atom is -0.298 e. The van der Waals surface area contributed by atoms with Gasteiger partial charge >= 0.3 is 0 Å². The molecule has 0 amide bonds. The summed E-state index contributed by atoms with van der Waals surface area (Å²) in [7, 11) is 0. The fourth-order valence-electron chi connectivity index (χ4n) is 2.09. The van der Waals surface area contributed by atoms with E-state index in [9.17, 15) is 0 Å². The molecule has 3 rings (SSSR count). The van der Waals surface area contributed by atoms with Crippen molar-refractivity contribution in [2.75, 3.05) is 0 Å². The highest BCUT2D eigenvalue weighted by Gasteiger charge is 2.12. The van der Waals surface area contributed by atoms with Crippen LogP contribution in [0.3, 0.4) is 0 Å². The number of benzene rings is 1. The van der Waals surface area contributed by atoms with E-state index < -0.39 is 0 Å². The predicted octanol–water partition coefficient (Wildman–Crippen LogP) is 3.13. The second-order valence-electron chi connectivity index (χ2n) is 4.58. The number of rotatable bonds is 2. The van der Waals surface area contributed by atoms with Crippen molar-refractivity contribution < 1.29 is 0 Å². The molecule has 0 unspecified atom stereocenters. The number of hydrogen-bond acceptors (Lipinski definition) is 4. The van der Waals surface area contributed by atoms with Crippen LogP contribution in [0.5, 0.6) is 0 Å². The van der Waals surface area contributed by atoms with E-state index in [1.54, 1.807) is 12.4 Å². The third-order valence-electron chi connectivity index (χ3n) is 2.95. The van der Waals surface area contributed by atoms with Crippen LogP contribution in [0.4, 0.5) is 0 Å². The molecule has 0 bridgehead atoms. The van der Waals surface area contributed by atoms with Gasteiger partial charge in [-0.05, 0) is 44.3 Å². The van der Waals surface area contributed by atoms with Crippen LogP contribution in [0.25, 0.3) is 22.4 Å². The van der Waals surface area contributed by atoms with Crippen LogP contribution in [-0.2, 0) is 0 Å². The van der Waals surface area contributed by atoms with E-state index in [0.29, 0.717) is 4.77 Å². The van der Waals surface area contributed by atoms with Crippen molar-refractivity contribution in [3.05, 3.63) is 35.4 Å². The molecule has 0 saturated carbocycles. The highest BCUT2D eigenvalue weighted by Crippen LogP contribution is 2.23. The van der Waals surface area contributed by atoms with Crippen LogP contribution < -0.4 is 0 Å². The van der Waals surface area contributed by atoms with E-state index in [0.717, 1.165) is 22.4 Å². The lowest BCUT2D eigenvalue weighted by Crippen LogP contribution is -2.03. The Labute approximate surface area is 115 Å². The van der Waals surface area contributed by atoms with Gasteiger partial charge in [0.1, 0.15) is 0 Å². The lowest BCUT2D eigenvalue weighted by molar-refractivity contribution is 0.597. The molecule has 0 fully saturated rings. The second-order valence-corrected chi connectivity index (χ2v) is 4.96. The summed E-state index contributed by atoms with van der Waals surface area (Å²) in [5.41, 5.74) is 2.70. The summed E-state index contributed by atoms with van der Waals surface area (Å²) >= 11 is 5.26. The zero-order valence-corrected chi connectivity index (χ0v) is 11.5. The first kappa shape index (κ1) is 12.0. The molecular formula is C13H13N5S. The Bertz CT molecular complexity index is 787. The first-order valence-corrected chi connectivity index (χ1v) is 6.45. The van der Waals surface area contributed by atoms with Crippen LogP contribution in [0.2, 0.25) is 0 Å². The predicted molar refractivity (Wildman–Crippen MR) is 76.3 cm³/mol. The first-order valence-electron chi connectivity index (χ1n) is 6.05. The normalized spacial score (nSPS) is 11.3. The number of fused-ring (bicyclic) bond motifs is 1. The van der Waals surface area contributed by atoms with Gasteiger partial charge in [-0.15, -0.1) is 0 Å². The van der Waals surface area contributed by atoms with E-state index in [4.69, 9.17) is 12.2 Å². The molecule has 0 aliphatic carbocycles. The third-order valence-corrected chi connectivity index (χ3v) is 3.24. The molecule has 0 aliphatic heterocycles. The minimum atomic E-state index is 0.249. The molecule has 3 aromatic rings. The summed E-state index contributed by atoms with van der Waals surface area (Å²) in [5, 5.41) is 7.16. The van der Waals surface area contributed by atoms with Crippen molar-refractivity contribution in [1.29, 1.82) is 0 Å². The minimum absolute atomic E-state index is 0.249. The number of nitrogens with zero attached hydrogens (tertiary/aromatic N) is 4. The summed E-state index contributed by atoms with van der Waals surface area (Å²) in [5.74, 6) is 0.826. The van der Waals surface area contributed by atoms with E-state index in [2.05, 4.69) is 34.0 Å². The van der Waals surface area contributed by atoms with Crippen LogP contribution >= 0.6 is 12.2 Å². The number of nitrogens with one attached hydrogen (secondary N) is 1. The zero-order valence-electron chi connectivity index (χ0n) is 10.7. The van der Waals surface area contributed by atoms with Crippen LogP contribution in [0.1, 0.15) is 19.9 Å². The van der Waals surface area contributed by atoms with Crippen molar-refractivity contribution in [1.82, 2.24) is 24.7 Å². The highest BCUT2D eigenvalue weighted by atomic mass is 32.1. The standard InChI is InChI=1S/C13H13N5S/c1-8(2)18-12(16-17-13(18)19)9-3-4-10-11(7-9)15-6-5-14-10/h3-8H,1-2H3,(H,17,19). The van der Waals surface area contributed by atoms with Gasteiger partial charge in [-0.2, -0.15) is 5.10 Å². The Kier molecular flexibility index (Phi) is 2.87. The maximum Gasteiger partial charge on any atom is 0.195 e. The van der Waals surface area contributed by atoms with Crippen molar-refractivity contribution in [3.63, 3.8) is 0 Å². The van der Waals surface area contributed by atoms with E-state index in [-0.39, 0.29) is 6.04 Å². The van der Waals surface area contributed by atoms with E-state index >= 15 is 0 Å². The summed E-state index contributed by atoms with van der Waals surface area (Å²) in [4.78, 5) is 8.57. The quantitative estimate of drug-likeness (QED) is 0.727. The van der Waals surface area contributed by atoms with Crippen LogP contribution in [0, 0.1) is 4.77 Å². The van der Waals surface area contributed by atoms with Gasteiger partial charge < -0.3 is 0 Å². The van der Waals surface area contributed by atoms with Crippen molar-refractivity contribution in [2.45, 2.75) is 19.9 Å². The highest BCUT2D eigenvalue weighted by molar-refractivity contribution is 7.71. The molecule has 0 atom stereocenters. The fraction of sp³-hybridized carbons (Fsp3) is 0.231. The zero-order chi connectivity index (χ0) is 13.4. The topological polar surface area (TPSA) is 59.4 Å². The number of aromatic amines is 1. The Morgan fingerprint density at radius 1 is 1.16 bits per heavy atom. The van der Waals surface area contributed by atoms with Gasteiger partial charge in [0.15, 0.2) is 10.6 Å². The molecule has 6 heteroatoms. The van der Waals surface area contributed by atoms with Crippen LogP contribution in [-0.4, -0.2) is 24.7 Å². The summed E-state index contributed by atoms with van der Waals surface area (Å²) < 4.78 is 2.62. The molecule has 96 valence electrons. The Hall–Kier alpha value is -2.08. The Balaban J connectivity index is 2.22. The monoisotopic (exact) mass is 271 g/mol. The average Bonchev–Trinajstić information content (AvgIpc) is 2.80. The Morgan fingerprint density at radius 3 is 2.63 bits per heavy atom. The molecule has 1 N–H and O–H groups in total. The number of hydrogen-bond donors (Lipinski definition) is 1. The van der Waals surface area contributed by atoms with Gasteiger partial charge in [-0.1, -0.05) is 0 Å². The van der Waals surface area contributed by atoms with Crippen molar-refractivity contribution in [3.8, 4) is 11.4 Å².